The quantitative estimate of drug-likeness (QED) is 0.460. The molecule has 0 radical (unpaired) electrons. The van der Waals surface area contributed by atoms with Gasteiger partial charge in [0.2, 0.25) is 0 Å². The Bertz CT molecular complexity index is 630. The molecule has 0 saturated carbocycles. The predicted octanol–water partition coefficient (Wildman–Crippen LogP) is 0.324. The highest BCUT2D eigenvalue weighted by Crippen LogP contribution is 2.26. The summed E-state index contributed by atoms with van der Waals surface area (Å²) >= 11 is 1.11. The zero-order chi connectivity index (χ0) is 16.7. The molecule has 0 atom stereocenters. The molecule has 0 spiro atoms. The molecule has 0 bridgehead atoms. The SMILES string of the molecule is CN(C)c1ccc(-c2[nH]nc(SCC(=O)O)[nH+]2)c(N)c1.CO. The van der Waals surface area contributed by atoms with E-state index in [-0.39, 0.29) is 5.75 Å². The van der Waals surface area contributed by atoms with E-state index in [1.807, 2.05) is 37.2 Å². The lowest BCUT2D eigenvalue weighted by Gasteiger charge is -2.13. The molecule has 0 aliphatic carbocycles. The summed E-state index contributed by atoms with van der Waals surface area (Å²) in [5.41, 5.74) is 8.45. The summed E-state index contributed by atoms with van der Waals surface area (Å²) in [6, 6.07) is 5.71. The second-order valence-corrected chi connectivity index (χ2v) is 5.34. The zero-order valence-electron chi connectivity index (χ0n) is 12.6. The largest absolute Gasteiger partial charge is 0.481 e. The standard InChI is InChI=1S/C12H15N5O2S.CH4O/c1-17(2)7-3-4-8(9(13)5-7)11-14-12(16-15-11)20-6-10(18)19;1-2/h3-5H,6,13H2,1-2H3,(H,18,19)(H,14,15,16);2H,1H3/p+1. The number of carboxylic acids is 1. The van der Waals surface area contributed by atoms with Crippen LogP contribution in [-0.4, -0.2) is 53.3 Å². The van der Waals surface area contributed by atoms with Crippen LogP contribution >= 0.6 is 11.8 Å². The van der Waals surface area contributed by atoms with Crippen LogP contribution in [0.5, 0.6) is 0 Å². The number of carbonyl (C=O) groups is 1. The number of thioether (sulfide) groups is 1. The van der Waals surface area contributed by atoms with Crippen molar-refractivity contribution in [1.29, 1.82) is 0 Å². The Labute approximate surface area is 132 Å². The molecule has 22 heavy (non-hydrogen) atoms. The molecule has 1 aromatic carbocycles. The molecule has 9 heteroatoms. The first-order chi connectivity index (χ1) is 10.5. The highest BCUT2D eigenvalue weighted by atomic mass is 32.2. The molecule has 1 heterocycles. The van der Waals surface area contributed by atoms with Gasteiger partial charge in [0, 0.05) is 32.6 Å². The second-order valence-electron chi connectivity index (χ2n) is 4.38. The number of H-pyrrole nitrogens is 2. The molecule has 8 nitrogen and oxygen atoms in total. The van der Waals surface area contributed by atoms with Crippen molar-refractivity contribution in [2.24, 2.45) is 0 Å². The number of nitrogens with zero attached hydrogens (tertiary/aromatic N) is 2. The minimum Gasteiger partial charge on any atom is -0.481 e. The Hall–Kier alpha value is -2.26. The number of aliphatic hydroxyl groups excluding tert-OH is 1. The molecule has 0 unspecified atom stereocenters. The summed E-state index contributed by atoms with van der Waals surface area (Å²) in [5.74, 6) is -0.279. The molecule has 120 valence electrons. The van der Waals surface area contributed by atoms with Crippen molar-refractivity contribution in [3.05, 3.63) is 18.2 Å². The summed E-state index contributed by atoms with van der Waals surface area (Å²) in [7, 11) is 4.88. The van der Waals surface area contributed by atoms with Crippen molar-refractivity contribution >= 4 is 29.1 Å². The first-order valence-electron chi connectivity index (χ1n) is 6.31. The second kappa shape index (κ2) is 8.25. The smallest absolute Gasteiger partial charge is 0.335 e. The van der Waals surface area contributed by atoms with Crippen LogP contribution in [0.25, 0.3) is 11.4 Å². The van der Waals surface area contributed by atoms with Gasteiger partial charge in [-0.15, -0.1) is 5.10 Å². The Morgan fingerprint density at radius 1 is 1.45 bits per heavy atom. The topological polar surface area (TPSA) is 130 Å². The third-order valence-electron chi connectivity index (χ3n) is 2.65. The number of aliphatic carboxylic acids is 1. The molecule has 1 aromatic heterocycles. The first-order valence-corrected chi connectivity index (χ1v) is 7.30. The fourth-order valence-corrected chi connectivity index (χ4v) is 2.20. The Balaban J connectivity index is 0.00000116. The number of nitrogens with two attached hydrogens (primary N) is 1. The number of benzene rings is 1. The number of aromatic nitrogens is 3. The van der Waals surface area contributed by atoms with Gasteiger partial charge in [-0.2, -0.15) is 0 Å². The summed E-state index contributed by atoms with van der Waals surface area (Å²) < 4.78 is 0. The van der Waals surface area contributed by atoms with Crippen molar-refractivity contribution in [2.45, 2.75) is 5.16 Å². The molecular formula is C13H20N5O3S+. The zero-order valence-corrected chi connectivity index (χ0v) is 13.4. The summed E-state index contributed by atoms with van der Waals surface area (Å²) in [6.07, 6.45) is 0. The molecule has 0 aliphatic rings. The minimum absolute atomic E-state index is 0.0458. The Kier molecular flexibility index (Phi) is 6.67. The van der Waals surface area contributed by atoms with E-state index in [0.29, 0.717) is 16.7 Å². The normalized spacial score (nSPS) is 9.82. The van der Waals surface area contributed by atoms with Gasteiger partial charge in [-0.3, -0.25) is 4.79 Å². The average Bonchev–Trinajstić information content (AvgIpc) is 2.95. The molecule has 0 amide bonds. The predicted molar refractivity (Wildman–Crippen MR) is 85.8 cm³/mol. The highest BCUT2D eigenvalue weighted by Gasteiger charge is 2.16. The van der Waals surface area contributed by atoms with E-state index < -0.39 is 5.97 Å². The third-order valence-corrected chi connectivity index (χ3v) is 3.51. The van der Waals surface area contributed by atoms with Crippen molar-refractivity contribution in [3.63, 3.8) is 0 Å². The molecule has 0 aliphatic heterocycles. The van der Waals surface area contributed by atoms with Gasteiger partial charge in [0.15, 0.2) is 0 Å². The van der Waals surface area contributed by atoms with E-state index in [9.17, 15) is 4.79 Å². The molecule has 6 N–H and O–H groups in total. The Morgan fingerprint density at radius 2 is 2.14 bits per heavy atom. The maximum atomic E-state index is 10.5. The molecular weight excluding hydrogens is 306 g/mol. The van der Waals surface area contributed by atoms with Gasteiger partial charge in [-0.1, -0.05) is 0 Å². The van der Waals surface area contributed by atoms with Crippen LogP contribution in [0.2, 0.25) is 0 Å². The van der Waals surface area contributed by atoms with Crippen molar-refractivity contribution in [1.82, 2.24) is 10.2 Å². The van der Waals surface area contributed by atoms with Crippen molar-refractivity contribution in [3.8, 4) is 11.4 Å². The summed E-state index contributed by atoms with van der Waals surface area (Å²) in [4.78, 5) is 15.5. The summed E-state index contributed by atoms with van der Waals surface area (Å²) in [5, 5.41) is 23.0. The molecule has 2 aromatic rings. The molecule has 0 saturated heterocycles. The number of anilines is 2. The van der Waals surface area contributed by atoms with Crippen LogP contribution in [0.15, 0.2) is 23.4 Å². The highest BCUT2D eigenvalue weighted by molar-refractivity contribution is 7.99. The fourth-order valence-electron chi connectivity index (χ4n) is 1.65. The van der Waals surface area contributed by atoms with Gasteiger partial charge in [-0.25, -0.2) is 4.98 Å². The van der Waals surface area contributed by atoms with Crippen molar-refractivity contribution in [2.75, 3.05) is 37.6 Å². The number of carboxylic acid groups (broad SMARTS) is 1. The number of aliphatic hydroxyl groups is 1. The third kappa shape index (κ3) is 4.64. The number of rotatable bonds is 5. The molecule has 0 fully saturated rings. The molecule has 2 rings (SSSR count). The van der Waals surface area contributed by atoms with E-state index in [0.717, 1.165) is 30.1 Å². The van der Waals surface area contributed by atoms with Gasteiger partial charge in [-0.05, 0) is 30.0 Å². The number of nitrogens with one attached hydrogen (secondary N) is 2. The van der Waals surface area contributed by atoms with Gasteiger partial charge < -0.3 is 20.8 Å². The van der Waals surface area contributed by atoms with E-state index >= 15 is 0 Å². The van der Waals surface area contributed by atoms with Crippen LogP contribution < -0.4 is 15.6 Å². The Morgan fingerprint density at radius 3 is 2.68 bits per heavy atom. The van der Waals surface area contributed by atoms with Crippen LogP contribution in [-0.2, 0) is 4.79 Å². The monoisotopic (exact) mass is 326 g/mol. The lowest BCUT2D eigenvalue weighted by Crippen LogP contribution is -2.11. The van der Waals surface area contributed by atoms with Crippen LogP contribution in [0.1, 0.15) is 0 Å². The van der Waals surface area contributed by atoms with Crippen LogP contribution in [0.4, 0.5) is 11.4 Å². The lowest BCUT2D eigenvalue weighted by atomic mass is 10.1. The first kappa shape index (κ1) is 17.8. The summed E-state index contributed by atoms with van der Waals surface area (Å²) in [6.45, 7) is 0. The maximum absolute atomic E-state index is 10.5. The number of nitrogen functional groups attached to an aromatic ring is 1. The van der Waals surface area contributed by atoms with Gasteiger partial charge >= 0.3 is 11.1 Å². The number of aromatic amines is 2. The average molecular weight is 326 g/mol. The lowest BCUT2D eigenvalue weighted by molar-refractivity contribution is -0.414. The van der Waals surface area contributed by atoms with E-state index in [1.165, 1.54) is 0 Å². The van der Waals surface area contributed by atoms with Crippen molar-refractivity contribution < 1.29 is 20.0 Å². The minimum atomic E-state index is -0.886. The maximum Gasteiger partial charge on any atom is 0.335 e. The van der Waals surface area contributed by atoms with Crippen LogP contribution in [0, 0.1) is 0 Å². The number of hydrogen-bond donors (Lipinski definition) is 4. The van der Waals surface area contributed by atoms with E-state index in [2.05, 4.69) is 15.2 Å². The van der Waals surface area contributed by atoms with E-state index in [1.54, 1.807) is 0 Å². The van der Waals surface area contributed by atoms with Gasteiger partial charge in [0.1, 0.15) is 5.75 Å². The van der Waals surface area contributed by atoms with Gasteiger partial charge in [0.05, 0.1) is 10.7 Å². The fraction of sp³-hybridized carbons (Fsp3) is 0.308. The number of hydrogen-bond acceptors (Lipinski definition) is 6. The van der Waals surface area contributed by atoms with Gasteiger partial charge in [0.25, 0.3) is 5.82 Å². The van der Waals surface area contributed by atoms with Crippen LogP contribution in [0.3, 0.4) is 0 Å². The van der Waals surface area contributed by atoms with E-state index in [4.69, 9.17) is 15.9 Å².